The van der Waals surface area contributed by atoms with Crippen molar-refractivity contribution in [3.63, 3.8) is 0 Å². The molecule has 5 rings (SSSR count). The number of fused-ring (bicyclic) bond motifs is 7. The van der Waals surface area contributed by atoms with E-state index >= 15 is 0 Å². The Bertz CT molecular complexity index is 766. The van der Waals surface area contributed by atoms with Gasteiger partial charge in [0.15, 0.2) is 0 Å². The van der Waals surface area contributed by atoms with Gasteiger partial charge >= 0.3 is 0 Å². The highest BCUT2D eigenvalue weighted by molar-refractivity contribution is 5.21. The molecule has 5 saturated carbocycles. The monoisotopic (exact) mass is 440 g/mol. The molecule has 5 fully saturated rings. The van der Waals surface area contributed by atoms with E-state index < -0.39 is 0 Å². The first-order valence-electron chi connectivity index (χ1n) is 14.1. The van der Waals surface area contributed by atoms with Gasteiger partial charge in [-0.3, -0.25) is 0 Å². The smallest absolute Gasteiger partial charge is 0.0673 e. The van der Waals surface area contributed by atoms with Crippen LogP contribution in [-0.2, 0) is 4.74 Å². The molecule has 0 aliphatic heterocycles. The minimum absolute atomic E-state index is 0.492. The first-order valence-corrected chi connectivity index (χ1v) is 14.1. The molecule has 0 unspecified atom stereocenters. The maximum Gasteiger partial charge on any atom is 0.0673 e. The molecule has 0 aromatic heterocycles. The first kappa shape index (κ1) is 23.4. The molecule has 0 aromatic rings. The molecule has 1 nitrogen and oxygen atoms in total. The van der Waals surface area contributed by atoms with Crippen molar-refractivity contribution in [2.24, 2.45) is 56.7 Å². The molecular formula is C31H52O. The molecule has 0 aromatic carbocycles. The lowest BCUT2D eigenvalue weighted by atomic mass is 9.32. The Morgan fingerprint density at radius 2 is 1.53 bits per heavy atom. The van der Waals surface area contributed by atoms with Crippen molar-refractivity contribution in [2.75, 3.05) is 13.7 Å². The summed E-state index contributed by atoms with van der Waals surface area (Å²) in [5, 5.41) is 0. The molecule has 5 aliphatic rings. The van der Waals surface area contributed by atoms with Gasteiger partial charge in [0, 0.05) is 7.11 Å². The Morgan fingerprint density at radius 3 is 2.25 bits per heavy atom. The lowest BCUT2D eigenvalue weighted by molar-refractivity contribution is -0.235. The largest absolute Gasteiger partial charge is 0.380 e. The lowest BCUT2D eigenvalue weighted by Gasteiger charge is -2.72. The Kier molecular flexibility index (Phi) is 5.38. The van der Waals surface area contributed by atoms with Crippen LogP contribution >= 0.6 is 0 Å². The number of ether oxygens (including phenoxy) is 1. The summed E-state index contributed by atoms with van der Waals surface area (Å²) in [6.45, 7) is 21.5. The molecule has 9 atom stereocenters. The maximum absolute atomic E-state index is 5.59. The van der Waals surface area contributed by atoms with Crippen LogP contribution in [0.3, 0.4) is 0 Å². The average molecular weight is 441 g/mol. The SMILES string of the molecule is C=C(COC)[C@@H]1CC[C@]2(C)CC[C@]3(C)[C@H](CC[C@@H]4[C@@]5(C)CCCC(C)(C)[C@@H]5CC[C@]43C)[C@@H]12. The van der Waals surface area contributed by atoms with Gasteiger partial charge in [-0.25, -0.2) is 0 Å². The molecule has 0 bridgehead atoms. The zero-order valence-electron chi connectivity index (χ0n) is 22.5. The fourth-order valence-corrected chi connectivity index (χ4v) is 11.8. The van der Waals surface area contributed by atoms with Crippen LogP contribution in [0.5, 0.6) is 0 Å². The molecule has 5 aliphatic carbocycles. The zero-order valence-corrected chi connectivity index (χ0v) is 22.5. The van der Waals surface area contributed by atoms with Gasteiger partial charge in [-0.1, -0.05) is 54.5 Å². The number of hydrogen-bond donors (Lipinski definition) is 0. The molecule has 0 radical (unpaired) electrons. The highest BCUT2D eigenvalue weighted by atomic mass is 16.5. The summed E-state index contributed by atoms with van der Waals surface area (Å²) >= 11 is 0. The third-order valence-electron chi connectivity index (χ3n) is 13.5. The van der Waals surface area contributed by atoms with E-state index in [-0.39, 0.29) is 0 Å². The minimum Gasteiger partial charge on any atom is -0.380 e. The topological polar surface area (TPSA) is 9.23 Å². The van der Waals surface area contributed by atoms with Gasteiger partial charge in [-0.2, -0.15) is 0 Å². The molecular weight excluding hydrogens is 388 g/mol. The summed E-state index contributed by atoms with van der Waals surface area (Å²) in [4.78, 5) is 0. The number of rotatable bonds is 3. The molecule has 0 spiro atoms. The minimum atomic E-state index is 0.492. The molecule has 32 heavy (non-hydrogen) atoms. The maximum atomic E-state index is 5.59. The van der Waals surface area contributed by atoms with Crippen molar-refractivity contribution >= 4 is 0 Å². The van der Waals surface area contributed by atoms with E-state index in [1.807, 2.05) is 7.11 Å². The molecule has 0 amide bonds. The van der Waals surface area contributed by atoms with Crippen molar-refractivity contribution in [3.8, 4) is 0 Å². The summed E-state index contributed by atoms with van der Waals surface area (Å²) in [5.74, 6) is 4.23. The predicted octanol–water partition coefficient (Wildman–Crippen LogP) is 8.68. The van der Waals surface area contributed by atoms with E-state index in [2.05, 4.69) is 48.1 Å². The van der Waals surface area contributed by atoms with Gasteiger partial charge in [0.25, 0.3) is 0 Å². The second kappa shape index (κ2) is 7.35. The fraction of sp³-hybridized carbons (Fsp3) is 0.935. The van der Waals surface area contributed by atoms with Crippen LogP contribution in [0.4, 0.5) is 0 Å². The standard InChI is InChI=1S/C31H52O/c1-21(20-32-8)22-12-16-28(4)18-19-30(6)23(26(22)28)10-11-25-29(5)15-9-14-27(2,3)24(29)13-17-31(25,30)7/h22-26H,1,9-20H2,2-8H3/t22-,23+,24-,25+,26+,28+,29-,30+,31+/m0/s1. The second-order valence-electron chi connectivity index (χ2n) is 14.9. The van der Waals surface area contributed by atoms with Crippen LogP contribution in [0.15, 0.2) is 12.2 Å². The van der Waals surface area contributed by atoms with Gasteiger partial charge in [0.2, 0.25) is 0 Å². The predicted molar refractivity (Wildman–Crippen MR) is 135 cm³/mol. The van der Waals surface area contributed by atoms with Crippen LogP contribution in [-0.4, -0.2) is 13.7 Å². The highest BCUT2D eigenvalue weighted by Crippen LogP contribution is 2.77. The molecule has 0 heterocycles. The Morgan fingerprint density at radius 1 is 0.781 bits per heavy atom. The van der Waals surface area contributed by atoms with Gasteiger partial charge in [0.1, 0.15) is 0 Å². The van der Waals surface area contributed by atoms with E-state index in [9.17, 15) is 0 Å². The van der Waals surface area contributed by atoms with Crippen LogP contribution in [0, 0.1) is 56.7 Å². The number of hydrogen-bond acceptors (Lipinski definition) is 1. The van der Waals surface area contributed by atoms with E-state index in [4.69, 9.17) is 4.74 Å². The Balaban J connectivity index is 1.52. The van der Waals surface area contributed by atoms with Crippen molar-refractivity contribution in [3.05, 3.63) is 12.2 Å². The van der Waals surface area contributed by atoms with Crippen molar-refractivity contribution in [1.82, 2.24) is 0 Å². The van der Waals surface area contributed by atoms with Crippen LogP contribution < -0.4 is 0 Å². The molecule has 182 valence electrons. The number of methoxy groups -OCH3 is 1. The Labute approximate surface area is 199 Å². The van der Waals surface area contributed by atoms with Gasteiger partial charge < -0.3 is 4.74 Å². The first-order chi connectivity index (χ1) is 14.9. The molecule has 0 saturated heterocycles. The zero-order chi connectivity index (χ0) is 23.2. The van der Waals surface area contributed by atoms with E-state index in [1.165, 1.54) is 76.2 Å². The summed E-state index contributed by atoms with van der Waals surface area (Å²) in [6, 6.07) is 0. The van der Waals surface area contributed by atoms with Crippen LogP contribution in [0.25, 0.3) is 0 Å². The Hall–Kier alpha value is -0.300. The molecule has 1 heteroatoms. The average Bonchev–Trinajstić information content (AvgIpc) is 3.06. The summed E-state index contributed by atoms with van der Waals surface area (Å²) in [6.07, 6.45) is 15.9. The summed E-state index contributed by atoms with van der Waals surface area (Å²) in [5.41, 5.74) is 4.01. The second-order valence-corrected chi connectivity index (χ2v) is 14.9. The van der Waals surface area contributed by atoms with Crippen LogP contribution in [0.2, 0.25) is 0 Å². The van der Waals surface area contributed by atoms with E-state index in [1.54, 1.807) is 0 Å². The van der Waals surface area contributed by atoms with Gasteiger partial charge in [0.05, 0.1) is 6.61 Å². The van der Waals surface area contributed by atoms with Crippen LogP contribution in [0.1, 0.15) is 112 Å². The third kappa shape index (κ3) is 2.91. The van der Waals surface area contributed by atoms with Gasteiger partial charge in [-0.15, -0.1) is 0 Å². The molecule has 0 N–H and O–H groups in total. The van der Waals surface area contributed by atoms with E-state index in [0.29, 0.717) is 33.0 Å². The van der Waals surface area contributed by atoms with E-state index in [0.717, 1.165) is 30.3 Å². The summed E-state index contributed by atoms with van der Waals surface area (Å²) in [7, 11) is 1.85. The fourth-order valence-electron chi connectivity index (χ4n) is 11.8. The quantitative estimate of drug-likeness (QED) is 0.399. The lowest BCUT2D eigenvalue weighted by Crippen LogP contribution is -2.65. The van der Waals surface area contributed by atoms with Crippen molar-refractivity contribution < 1.29 is 4.74 Å². The van der Waals surface area contributed by atoms with Crippen molar-refractivity contribution in [2.45, 2.75) is 112 Å². The third-order valence-corrected chi connectivity index (χ3v) is 13.5. The summed E-state index contributed by atoms with van der Waals surface area (Å²) < 4.78 is 5.59. The van der Waals surface area contributed by atoms with Crippen molar-refractivity contribution in [1.29, 1.82) is 0 Å². The van der Waals surface area contributed by atoms with Gasteiger partial charge in [-0.05, 0) is 126 Å². The normalized spacial score (nSPS) is 54.2. The highest BCUT2D eigenvalue weighted by Gasteiger charge is 2.69.